The van der Waals surface area contributed by atoms with E-state index in [1.165, 1.54) is 6.92 Å². The molecule has 2 N–H and O–H groups in total. The Balaban J connectivity index is 1.82. The molecule has 0 radical (unpaired) electrons. The lowest BCUT2D eigenvalue weighted by Gasteiger charge is -2.54. The van der Waals surface area contributed by atoms with Gasteiger partial charge in [0.1, 0.15) is 5.92 Å². The highest BCUT2D eigenvalue weighted by atomic mass is 16.6. The number of anilines is 1. The van der Waals surface area contributed by atoms with Crippen LogP contribution in [0.15, 0.2) is 84.9 Å². The summed E-state index contributed by atoms with van der Waals surface area (Å²) in [6.07, 6.45) is 0. The van der Waals surface area contributed by atoms with Gasteiger partial charge >= 0.3 is 11.9 Å². The Kier molecular flexibility index (Phi) is 6.02. The molecule has 0 fully saturated rings. The van der Waals surface area contributed by atoms with Crippen LogP contribution in [-0.2, 0) is 30.1 Å². The molecule has 194 valence electrons. The predicted molar refractivity (Wildman–Crippen MR) is 145 cm³/mol. The van der Waals surface area contributed by atoms with Crippen molar-refractivity contribution in [2.24, 2.45) is 11.8 Å². The minimum atomic E-state index is -1.72. The molecule has 4 atom stereocenters. The van der Waals surface area contributed by atoms with E-state index in [1.807, 2.05) is 42.5 Å². The molecule has 0 aromatic heterocycles. The van der Waals surface area contributed by atoms with Gasteiger partial charge in [-0.2, -0.15) is 0 Å². The maximum Gasteiger partial charge on any atom is 0.334 e. The smallest absolute Gasteiger partial charge is 0.334 e. The molecule has 0 heterocycles. The number of aliphatic carboxylic acids is 1. The lowest BCUT2D eigenvalue weighted by atomic mass is 9.51. The molecule has 3 aromatic rings. The summed E-state index contributed by atoms with van der Waals surface area (Å²) in [7, 11) is 0. The number of hydrogen-bond donors (Lipinski definition) is 2. The van der Waals surface area contributed by atoms with Crippen LogP contribution in [0.5, 0.6) is 0 Å². The van der Waals surface area contributed by atoms with Crippen LogP contribution in [0.25, 0.3) is 0 Å². The van der Waals surface area contributed by atoms with Gasteiger partial charge in [0.25, 0.3) is 0 Å². The molecule has 6 nitrogen and oxygen atoms in total. The molecule has 3 aliphatic rings. The number of fused-ring (bicyclic) bond motifs is 1. The summed E-state index contributed by atoms with van der Waals surface area (Å²) in [5, 5.41) is 13.7. The molecule has 0 aliphatic heterocycles. The number of carbonyl (C=O) groups is 3. The van der Waals surface area contributed by atoms with Gasteiger partial charge in [0.15, 0.2) is 5.60 Å². The summed E-state index contributed by atoms with van der Waals surface area (Å²) in [5.41, 5.74) is 2.49. The van der Waals surface area contributed by atoms with Crippen molar-refractivity contribution in [2.75, 3.05) is 5.32 Å². The number of nitrogens with one attached hydrogen (secondary N) is 1. The van der Waals surface area contributed by atoms with E-state index < -0.39 is 41.2 Å². The van der Waals surface area contributed by atoms with Crippen molar-refractivity contribution in [3.8, 4) is 0 Å². The van der Waals surface area contributed by atoms with Crippen LogP contribution in [0.3, 0.4) is 0 Å². The van der Waals surface area contributed by atoms with Crippen molar-refractivity contribution in [2.45, 2.75) is 44.6 Å². The molecule has 1 amide bonds. The molecule has 0 saturated carbocycles. The number of para-hydroxylation sites is 1. The fourth-order valence-corrected chi connectivity index (χ4v) is 5.99. The van der Waals surface area contributed by atoms with Crippen LogP contribution in [0.4, 0.5) is 5.69 Å². The third-order valence-corrected chi connectivity index (χ3v) is 7.72. The summed E-state index contributed by atoms with van der Waals surface area (Å²) in [4.78, 5) is 40.3. The average molecular weight is 510 g/mol. The predicted octanol–water partition coefficient (Wildman–Crippen LogP) is 5.76. The normalized spacial score (nSPS) is 23.1. The first-order chi connectivity index (χ1) is 18.0. The Bertz CT molecular complexity index is 1470. The van der Waals surface area contributed by atoms with Gasteiger partial charge < -0.3 is 15.2 Å². The van der Waals surface area contributed by atoms with Gasteiger partial charge in [-0.15, -0.1) is 0 Å². The van der Waals surface area contributed by atoms with Gasteiger partial charge in [-0.05, 0) is 41.2 Å². The maximum absolute atomic E-state index is 13.9. The Labute approximate surface area is 222 Å². The monoisotopic (exact) mass is 509 g/mol. The van der Waals surface area contributed by atoms with Gasteiger partial charge in [-0.25, -0.2) is 4.79 Å². The van der Waals surface area contributed by atoms with Gasteiger partial charge in [-0.1, -0.05) is 88.0 Å². The van der Waals surface area contributed by atoms with E-state index in [1.54, 1.807) is 30.3 Å². The molecular formula is C32H31NO5. The number of carboxylic acid groups (broad SMARTS) is 1. The van der Waals surface area contributed by atoms with Crippen LogP contribution in [-0.4, -0.2) is 23.0 Å². The third-order valence-electron chi connectivity index (χ3n) is 7.72. The highest BCUT2D eigenvalue weighted by Gasteiger charge is 2.66. The second-order valence-electron chi connectivity index (χ2n) is 11.2. The van der Waals surface area contributed by atoms with Crippen molar-refractivity contribution < 1.29 is 24.2 Å². The molecule has 4 unspecified atom stereocenters. The van der Waals surface area contributed by atoms with E-state index in [2.05, 4.69) is 32.7 Å². The van der Waals surface area contributed by atoms with Gasteiger partial charge in [0.05, 0.1) is 5.92 Å². The van der Waals surface area contributed by atoms with E-state index in [4.69, 9.17) is 4.74 Å². The van der Waals surface area contributed by atoms with E-state index in [0.29, 0.717) is 16.8 Å². The summed E-state index contributed by atoms with van der Waals surface area (Å²) in [6, 6.07) is 22.2. The zero-order chi connectivity index (χ0) is 27.4. The lowest BCUT2D eigenvalue weighted by molar-refractivity contribution is -0.177. The third kappa shape index (κ3) is 3.83. The molecule has 2 bridgehead atoms. The molecule has 6 heteroatoms. The van der Waals surface area contributed by atoms with E-state index in [9.17, 15) is 19.5 Å². The van der Waals surface area contributed by atoms with Crippen molar-refractivity contribution in [3.05, 3.63) is 113 Å². The van der Waals surface area contributed by atoms with Crippen molar-refractivity contribution >= 4 is 23.5 Å². The largest absolute Gasteiger partial charge is 0.481 e. The van der Waals surface area contributed by atoms with E-state index >= 15 is 0 Å². The molecule has 3 aliphatic carbocycles. The van der Waals surface area contributed by atoms with Gasteiger partial charge in [0, 0.05) is 28.3 Å². The van der Waals surface area contributed by atoms with E-state index in [0.717, 1.165) is 16.7 Å². The Morgan fingerprint density at radius 2 is 1.55 bits per heavy atom. The Morgan fingerprint density at radius 3 is 2.18 bits per heavy atom. The maximum atomic E-state index is 13.9. The zero-order valence-corrected chi connectivity index (χ0v) is 21.9. The number of benzene rings is 3. The number of esters is 1. The minimum Gasteiger partial charge on any atom is -0.481 e. The van der Waals surface area contributed by atoms with Crippen LogP contribution >= 0.6 is 0 Å². The van der Waals surface area contributed by atoms with Crippen LogP contribution in [0.2, 0.25) is 0 Å². The molecule has 38 heavy (non-hydrogen) atoms. The SMILES string of the molecule is C=C(C)C(=O)OC12c3ccccc3C(c3ccc(C(C)(C)C)cc31)C(C(=O)Nc1ccccc1)C2C(=O)O. The fraction of sp³-hybridized carbons (Fsp3) is 0.281. The number of amides is 1. The molecule has 6 rings (SSSR count). The first-order valence-corrected chi connectivity index (χ1v) is 12.7. The van der Waals surface area contributed by atoms with Crippen molar-refractivity contribution in [1.82, 2.24) is 0 Å². The first-order valence-electron chi connectivity index (χ1n) is 12.7. The second kappa shape index (κ2) is 8.98. The minimum absolute atomic E-state index is 0.146. The number of ether oxygens (including phenoxy) is 1. The molecule has 0 saturated heterocycles. The van der Waals surface area contributed by atoms with Crippen molar-refractivity contribution in [3.63, 3.8) is 0 Å². The Morgan fingerprint density at radius 1 is 0.921 bits per heavy atom. The molecular weight excluding hydrogens is 478 g/mol. The highest BCUT2D eigenvalue weighted by Crippen LogP contribution is 2.62. The topological polar surface area (TPSA) is 92.7 Å². The zero-order valence-electron chi connectivity index (χ0n) is 21.9. The number of hydrogen-bond acceptors (Lipinski definition) is 4. The highest BCUT2D eigenvalue weighted by molar-refractivity contribution is 5.99. The van der Waals surface area contributed by atoms with Crippen LogP contribution in [0.1, 0.15) is 61.4 Å². The molecule has 3 aromatic carbocycles. The standard InChI is InChI=1S/C32H31NO5/c1-18(2)30(37)38-32-23-14-10-9-13-21(23)25(22-16-15-19(17-24(22)32)31(3,4)5)26(27(32)29(35)36)28(34)33-20-11-7-6-8-12-20/h6-17,25-27H,1H2,2-5H3,(H,33,34)(H,35,36). The number of carboxylic acids is 1. The quantitative estimate of drug-likeness (QED) is 0.337. The lowest BCUT2D eigenvalue weighted by Crippen LogP contribution is -2.59. The summed E-state index contributed by atoms with van der Waals surface area (Å²) < 4.78 is 6.25. The fourth-order valence-electron chi connectivity index (χ4n) is 5.99. The summed E-state index contributed by atoms with van der Waals surface area (Å²) in [6.45, 7) is 11.5. The second-order valence-corrected chi connectivity index (χ2v) is 11.2. The van der Waals surface area contributed by atoms with Gasteiger partial charge in [-0.3, -0.25) is 9.59 Å². The number of carbonyl (C=O) groups excluding carboxylic acids is 2. The summed E-state index contributed by atoms with van der Waals surface area (Å²) in [5.74, 6) is -5.29. The summed E-state index contributed by atoms with van der Waals surface area (Å²) >= 11 is 0. The first kappa shape index (κ1) is 25.5. The Hall–Kier alpha value is -4.19. The van der Waals surface area contributed by atoms with E-state index in [-0.39, 0.29) is 11.0 Å². The van der Waals surface area contributed by atoms with Crippen LogP contribution in [0, 0.1) is 11.8 Å². The number of rotatable bonds is 5. The van der Waals surface area contributed by atoms with Gasteiger partial charge in [0.2, 0.25) is 5.91 Å². The van der Waals surface area contributed by atoms with Crippen molar-refractivity contribution in [1.29, 1.82) is 0 Å². The molecule has 0 spiro atoms. The van der Waals surface area contributed by atoms with Crippen LogP contribution < -0.4 is 5.32 Å². The average Bonchev–Trinajstić information content (AvgIpc) is 2.88.